The molecule has 0 bridgehead atoms. The molecule has 0 aromatic heterocycles. The van der Waals surface area contributed by atoms with Crippen LogP contribution < -0.4 is 20.9 Å². The van der Waals surface area contributed by atoms with Crippen molar-refractivity contribution < 1.29 is 13.2 Å². The third kappa shape index (κ3) is 6.78. The number of hydrogen-bond donors (Lipinski definition) is 4. The fraction of sp³-hybridized carbons (Fsp3) is 0.0476. The van der Waals surface area contributed by atoms with Crippen LogP contribution in [0, 0.1) is 0 Å². The number of halogens is 1. The van der Waals surface area contributed by atoms with Crippen molar-refractivity contribution in [1.29, 1.82) is 0 Å². The molecule has 0 saturated carbocycles. The van der Waals surface area contributed by atoms with Gasteiger partial charge < -0.3 is 5.32 Å². The first kappa shape index (κ1) is 22.7. The highest BCUT2D eigenvalue weighted by Gasteiger charge is 2.15. The molecule has 10 heteroatoms. The zero-order chi connectivity index (χ0) is 22.3. The Morgan fingerprint density at radius 2 is 1.61 bits per heavy atom. The van der Waals surface area contributed by atoms with E-state index >= 15 is 0 Å². The summed E-state index contributed by atoms with van der Waals surface area (Å²) in [6, 6.07) is 22.1. The molecule has 160 valence electrons. The van der Waals surface area contributed by atoms with Crippen LogP contribution in [0.2, 0.25) is 0 Å². The smallest absolute Gasteiger partial charge is 0.269 e. The molecule has 7 nitrogen and oxygen atoms in total. The lowest BCUT2D eigenvalue weighted by atomic mass is 10.2. The molecule has 3 aromatic rings. The van der Waals surface area contributed by atoms with Gasteiger partial charge >= 0.3 is 0 Å². The molecule has 1 amide bonds. The highest BCUT2D eigenvalue weighted by atomic mass is 79.9. The SMILES string of the molecule is O=C(NNC(=S)NCc1ccccc1)c1cccc(NS(=O)(=O)c2ccc(Br)cc2)c1. The van der Waals surface area contributed by atoms with Crippen molar-refractivity contribution >= 4 is 54.9 Å². The van der Waals surface area contributed by atoms with Gasteiger partial charge in [-0.1, -0.05) is 52.3 Å². The minimum Gasteiger partial charge on any atom is -0.357 e. The van der Waals surface area contributed by atoms with Gasteiger partial charge in [0.25, 0.3) is 15.9 Å². The maximum Gasteiger partial charge on any atom is 0.269 e. The largest absolute Gasteiger partial charge is 0.357 e. The lowest BCUT2D eigenvalue weighted by Gasteiger charge is -2.13. The number of rotatable bonds is 6. The maximum atomic E-state index is 12.5. The summed E-state index contributed by atoms with van der Waals surface area (Å²) in [5.74, 6) is -0.464. The molecule has 0 aliphatic heterocycles. The molecule has 4 N–H and O–H groups in total. The van der Waals surface area contributed by atoms with E-state index in [0.717, 1.165) is 10.0 Å². The van der Waals surface area contributed by atoms with Gasteiger partial charge in [-0.3, -0.25) is 20.4 Å². The van der Waals surface area contributed by atoms with Crippen LogP contribution in [0.25, 0.3) is 0 Å². The summed E-state index contributed by atoms with van der Waals surface area (Å²) in [5.41, 5.74) is 6.68. The highest BCUT2D eigenvalue weighted by Crippen LogP contribution is 2.19. The lowest BCUT2D eigenvalue weighted by Crippen LogP contribution is -2.46. The fourth-order valence-electron chi connectivity index (χ4n) is 2.56. The Balaban J connectivity index is 1.57. The molecule has 3 rings (SSSR count). The third-order valence-corrected chi connectivity index (χ3v) is 6.26. The number of thiocarbonyl (C=S) groups is 1. The van der Waals surface area contributed by atoms with E-state index in [2.05, 4.69) is 36.8 Å². The van der Waals surface area contributed by atoms with E-state index in [0.29, 0.717) is 6.54 Å². The van der Waals surface area contributed by atoms with Crippen molar-refractivity contribution in [3.63, 3.8) is 0 Å². The van der Waals surface area contributed by atoms with Crippen LogP contribution in [0.3, 0.4) is 0 Å². The molecule has 0 unspecified atom stereocenters. The highest BCUT2D eigenvalue weighted by molar-refractivity contribution is 9.10. The first-order valence-electron chi connectivity index (χ1n) is 9.10. The van der Waals surface area contributed by atoms with Gasteiger partial charge in [0.15, 0.2) is 5.11 Å². The summed E-state index contributed by atoms with van der Waals surface area (Å²) in [4.78, 5) is 12.5. The minimum absolute atomic E-state index is 0.113. The van der Waals surface area contributed by atoms with E-state index in [1.54, 1.807) is 30.3 Å². The maximum absolute atomic E-state index is 12.5. The quantitative estimate of drug-likeness (QED) is 0.294. The van der Waals surface area contributed by atoms with E-state index in [4.69, 9.17) is 12.2 Å². The van der Waals surface area contributed by atoms with Crippen LogP contribution in [-0.2, 0) is 16.6 Å². The van der Waals surface area contributed by atoms with Crippen LogP contribution in [0.4, 0.5) is 5.69 Å². The Hall–Kier alpha value is -2.95. The second-order valence-electron chi connectivity index (χ2n) is 6.39. The number of benzene rings is 3. The van der Waals surface area contributed by atoms with Crippen LogP contribution >= 0.6 is 28.1 Å². The average Bonchev–Trinajstić information content (AvgIpc) is 2.77. The zero-order valence-electron chi connectivity index (χ0n) is 16.1. The molecule has 0 heterocycles. The normalized spacial score (nSPS) is 10.7. The van der Waals surface area contributed by atoms with Crippen LogP contribution in [0.5, 0.6) is 0 Å². The Kier molecular flexibility index (Phi) is 7.61. The Bertz CT molecular complexity index is 1170. The molecule has 3 aromatic carbocycles. The first-order chi connectivity index (χ1) is 14.8. The number of amides is 1. The molecular formula is C21H19BrN4O3S2. The predicted molar refractivity (Wildman–Crippen MR) is 128 cm³/mol. The zero-order valence-corrected chi connectivity index (χ0v) is 19.4. The Morgan fingerprint density at radius 1 is 0.903 bits per heavy atom. The van der Waals surface area contributed by atoms with Gasteiger partial charge in [-0.2, -0.15) is 0 Å². The number of carbonyl (C=O) groups is 1. The average molecular weight is 519 g/mol. The van der Waals surface area contributed by atoms with Crippen molar-refractivity contribution in [1.82, 2.24) is 16.2 Å². The fourth-order valence-corrected chi connectivity index (χ4v) is 4.00. The number of sulfonamides is 1. The van der Waals surface area contributed by atoms with Crippen LogP contribution in [-0.4, -0.2) is 19.4 Å². The van der Waals surface area contributed by atoms with E-state index in [1.165, 1.54) is 18.2 Å². The summed E-state index contributed by atoms with van der Waals surface area (Å²) in [6.45, 7) is 0.510. The van der Waals surface area contributed by atoms with Crippen molar-refractivity contribution in [2.45, 2.75) is 11.4 Å². The molecule has 0 spiro atoms. The molecular weight excluding hydrogens is 500 g/mol. The Morgan fingerprint density at radius 3 is 2.32 bits per heavy atom. The second kappa shape index (κ2) is 10.4. The molecule has 31 heavy (non-hydrogen) atoms. The van der Waals surface area contributed by atoms with Crippen molar-refractivity contribution in [3.05, 3.63) is 94.5 Å². The van der Waals surface area contributed by atoms with Gasteiger partial charge in [0.1, 0.15) is 0 Å². The molecule has 0 fully saturated rings. The van der Waals surface area contributed by atoms with Gasteiger partial charge in [-0.05, 0) is 60.2 Å². The summed E-state index contributed by atoms with van der Waals surface area (Å²) in [7, 11) is -3.78. The number of hydrogen-bond acceptors (Lipinski definition) is 4. The predicted octanol–water partition coefficient (Wildman–Crippen LogP) is 3.56. The van der Waals surface area contributed by atoms with Crippen LogP contribution in [0.15, 0.2) is 88.2 Å². The van der Waals surface area contributed by atoms with Crippen molar-refractivity contribution in [2.24, 2.45) is 0 Å². The van der Waals surface area contributed by atoms with Crippen molar-refractivity contribution in [2.75, 3.05) is 4.72 Å². The lowest BCUT2D eigenvalue weighted by molar-refractivity contribution is 0.0943. The van der Waals surface area contributed by atoms with E-state index in [-0.39, 0.29) is 21.3 Å². The number of hydrazine groups is 1. The van der Waals surface area contributed by atoms with Crippen molar-refractivity contribution in [3.8, 4) is 0 Å². The van der Waals surface area contributed by atoms with E-state index < -0.39 is 15.9 Å². The number of anilines is 1. The molecule has 0 aliphatic rings. The molecule has 0 atom stereocenters. The van der Waals surface area contributed by atoms with Gasteiger partial charge in [0.05, 0.1) is 4.90 Å². The standard InChI is InChI=1S/C21H19BrN4O3S2/c22-17-9-11-19(12-10-17)31(28,29)26-18-8-4-7-16(13-18)20(27)24-25-21(30)23-14-15-5-2-1-3-6-15/h1-13,26H,14H2,(H,24,27)(H2,23,25,30). The van der Waals surface area contributed by atoms with Crippen LogP contribution in [0.1, 0.15) is 15.9 Å². The summed E-state index contributed by atoms with van der Waals surface area (Å²) in [6.07, 6.45) is 0. The van der Waals surface area contributed by atoms with Gasteiger partial charge in [0.2, 0.25) is 0 Å². The molecule has 0 radical (unpaired) electrons. The van der Waals surface area contributed by atoms with E-state index in [9.17, 15) is 13.2 Å². The summed E-state index contributed by atoms with van der Waals surface area (Å²) in [5, 5.41) is 3.23. The summed E-state index contributed by atoms with van der Waals surface area (Å²) < 4.78 is 28.3. The van der Waals surface area contributed by atoms with E-state index in [1.807, 2.05) is 30.3 Å². The van der Waals surface area contributed by atoms with Gasteiger partial charge in [-0.15, -0.1) is 0 Å². The van der Waals surface area contributed by atoms with Gasteiger partial charge in [-0.25, -0.2) is 8.42 Å². The Labute approximate surface area is 194 Å². The second-order valence-corrected chi connectivity index (χ2v) is 9.39. The topological polar surface area (TPSA) is 99.3 Å². The summed E-state index contributed by atoms with van der Waals surface area (Å²) >= 11 is 8.42. The number of nitrogens with one attached hydrogen (secondary N) is 4. The molecule has 0 saturated heterocycles. The minimum atomic E-state index is -3.78. The monoisotopic (exact) mass is 518 g/mol. The first-order valence-corrected chi connectivity index (χ1v) is 11.8. The number of carbonyl (C=O) groups excluding carboxylic acids is 1. The third-order valence-electron chi connectivity index (χ3n) is 4.09. The van der Waals surface area contributed by atoms with Gasteiger partial charge in [0, 0.05) is 22.3 Å². The molecule has 0 aliphatic carbocycles.